The molecule has 0 aromatic heterocycles. The van der Waals surface area contributed by atoms with Crippen LogP contribution < -0.4 is 0 Å². The second-order valence-corrected chi connectivity index (χ2v) is 5.54. The Morgan fingerprint density at radius 3 is 2.50 bits per heavy atom. The third-order valence-electron chi connectivity index (χ3n) is 2.18. The fourth-order valence-electron chi connectivity index (χ4n) is 1.23. The van der Waals surface area contributed by atoms with Crippen LogP contribution in [0.4, 0.5) is 13.2 Å². The van der Waals surface area contributed by atoms with Gasteiger partial charge in [0.15, 0.2) is 0 Å². The average Bonchev–Trinajstić information content (AvgIpc) is 2.28. The molecular formula is C11H10F3NO2S. The van der Waals surface area contributed by atoms with Crippen LogP contribution in [-0.4, -0.2) is 26.3 Å². The number of nitrogens with zero attached hydrogens (tertiary/aromatic N) is 1. The molecule has 1 aromatic rings. The number of halogens is 3. The van der Waals surface area contributed by atoms with Gasteiger partial charge in [0.25, 0.3) is 0 Å². The van der Waals surface area contributed by atoms with E-state index in [1.165, 1.54) is 7.05 Å². The van der Waals surface area contributed by atoms with Crippen LogP contribution in [0, 0.1) is 12.3 Å². The highest BCUT2D eigenvalue weighted by atomic mass is 32.2. The summed E-state index contributed by atoms with van der Waals surface area (Å²) in [4.78, 5) is -0.435. The highest BCUT2D eigenvalue weighted by molar-refractivity contribution is 7.89. The molecule has 0 atom stereocenters. The summed E-state index contributed by atoms with van der Waals surface area (Å²) in [5.41, 5.74) is -1.02. The molecule has 0 spiro atoms. The van der Waals surface area contributed by atoms with Crippen molar-refractivity contribution in [1.82, 2.24) is 4.31 Å². The van der Waals surface area contributed by atoms with Gasteiger partial charge in [0.1, 0.15) is 0 Å². The van der Waals surface area contributed by atoms with Crippen molar-refractivity contribution in [2.75, 3.05) is 13.6 Å². The van der Waals surface area contributed by atoms with E-state index in [0.717, 1.165) is 22.5 Å². The Labute approximate surface area is 103 Å². The van der Waals surface area contributed by atoms with E-state index in [4.69, 9.17) is 6.42 Å². The molecule has 0 aliphatic rings. The van der Waals surface area contributed by atoms with E-state index in [-0.39, 0.29) is 6.54 Å². The van der Waals surface area contributed by atoms with Crippen LogP contribution in [0.15, 0.2) is 29.2 Å². The topological polar surface area (TPSA) is 37.4 Å². The van der Waals surface area contributed by atoms with Crippen molar-refractivity contribution < 1.29 is 21.6 Å². The zero-order valence-corrected chi connectivity index (χ0v) is 10.2. The molecule has 0 fully saturated rings. The van der Waals surface area contributed by atoms with Crippen molar-refractivity contribution in [1.29, 1.82) is 0 Å². The first-order valence-electron chi connectivity index (χ1n) is 4.76. The van der Waals surface area contributed by atoms with Gasteiger partial charge in [-0.15, -0.1) is 6.42 Å². The Morgan fingerprint density at radius 2 is 2.00 bits per heavy atom. The Hall–Kier alpha value is -1.52. The van der Waals surface area contributed by atoms with Crippen LogP contribution in [0.1, 0.15) is 5.56 Å². The minimum Gasteiger partial charge on any atom is -0.207 e. The maximum atomic E-state index is 12.5. The van der Waals surface area contributed by atoms with Gasteiger partial charge in [-0.05, 0) is 18.2 Å². The summed E-state index contributed by atoms with van der Waals surface area (Å²) in [6, 6.07) is 3.53. The molecule has 0 heterocycles. The number of terminal acetylenes is 1. The van der Waals surface area contributed by atoms with Gasteiger partial charge in [0.05, 0.1) is 17.0 Å². The van der Waals surface area contributed by atoms with Gasteiger partial charge in [-0.2, -0.15) is 17.5 Å². The van der Waals surface area contributed by atoms with Gasteiger partial charge in [-0.3, -0.25) is 0 Å². The minimum atomic E-state index is -4.59. The second kappa shape index (κ2) is 5.00. The number of sulfonamides is 1. The monoisotopic (exact) mass is 277 g/mol. The fourth-order valence-corrected chi connectivity index (χ4v) is 2.36. The molecule has 0 N–H and O–H groups in total. The summed E-state index contributed by atoms with van der Waals surface area (Å²) in [5, 5.41) is 0. The quantitative estimate of drug-likeness (QED) is 0.792. The minimum absolute atomic E-state index is 0.210. The van der Waals surface area contributed by atoms with Crippen LogP contribution in [0.3, 0.4) is 0 Å². The summed E-state index contributed by atoms with van der Waals surface area (Å²) >= 11 is 0. The number of benzene rings is 1. The predicted octanol–water partition coefficient (Wildman–Crippen LogP) is 1.96. The van der Waals surface area contributed by atoms with E-state index < -0.39 is 26.7 Å². The Morgan fingerprint density at radius 1 is 1.39 bits per heavy atom. The van der Waals surface area contributed by atoms with Crippen molar-refractivity contribution in [3.05, 3.63) is 29.8 Å². The molecule has 7 heteroatoms. The van der Waals surface area contributed by atoms with Crippen LogP contribution in [0.5, 0.6) is 0 Å². The summed E-state index contributed by atoms with van der Waals surface area (Å²) < 4.78 is 61.9. The van der Waals surface area contributed by atoms with Gasteiger partial charge in [0.2, 0.25) is 10.0 Å². The Kier molecular flexibility index (Phi) is 4.04. The standard InChI is InChI=1S/C11H10F3NO2S/c1-3-7-15(2)18(16,17)10-6-4-5-9(8-10)11(12,13)14/h1,4-6,8H,7H2,2H3. The summed E-state index contributed by atoms with van der Waals surface area (Å²) in [5.74, 6) is 2.11. The van der Waals surface area contributed by atoms with E-state index in [0.29, 0.717) is 6.07 Å². The van der Waals surface area contributed by atoms with Crippen LogP contribution in [0.25, 0.3) is 0 Å². The average molecular weight is 277 g/mol. The Bertz CT molecular complexity index is 573. The van der Waals surface area contributed by atoms with E-state index >= 15 is 0 Å². The molecule has 3 nitrogen and oxygen atoms in total. The van der Waals surface area contributed by atoms with Crippen molar-refractivity contribution in [3.63, 3.8) is 0 Å². The van der Waals surface area contributed by atoms with Gasteiger partial charge in [-0.1, -0.05) is 12.0 Å². The second-order valence-electron chi connectivity index (χ2n) is 3.49. The smallest absolute Gasteiger partial charge is 0.207 e. The van der Waals surface area contributed by atoms with Crippen molar-refractivity contribution in [3.8, 4) is 12.3 Å². The summed E-state index contributed by atoms with van der Waals surface area (Å²) in [6.45, 7) is -0.210. The lowest BCUT2D eigenvalue weighted by molar-refractivity contribution is -0.137. The van der Waals surface area contributed by atoms with Crippen molar-refractivity contribution in [2.24, 2.45) is 0 Å². The normalized spacial score (nSPS) is 12.4. The number of hydrogen-bond acceptors (Lipinski definition) is 2. The first kappa shape index (κ1) is 14.5. The zero-order chi connectivity index (χ0) is 14.0. The van der Waals surface area contributed by atoms with Gasteiger partial charge < -0.3 is 0 Å². The molecule has 0 saturated heterocycles. The largest absolute Gasteiger partial charge is 0.416 e. The molecule has 0 unspecified atom stereocenters. The van der Waals surface area contributed by atoms with E-state index in [2.05, 4.69) is 5.92 Å². The molecule has 1 rings (SSSR count). The maximum absolute atomic E-state index is 12.5. The first-order chi connectivity index (χ1) is 8.19. The zero-order valence-electron chi connectivity index (χ0n) is 9.40. The lowest BCUT2D eigenvalue weighted by Crippen LogP contribution is -2.27. The molecule has 98 valence electrons. The molecule has 18 heavy (non-hydrogen) atoms. The van der Waals surface area contributed by atoms with E-state index in [1.54, 1.807) is 0 Å². The number of rotatable bonds is 3. The van der Waals surface area contributed by atoms with Gasteiger partial charge >= 0.3 is 6.18 Å². The molecule has 1 aromatic carbocycles. The number of alkyl halides is 3. The van der Waals surface area contributed by atoms with Gasteiger partial charge in [-0.25, -0.2) is 8.42 Å². The third-order valence-corrected chi connectivity index (χ3v) is 3.98. The maximum Gasteiger partial charge on any atom is 0.416 e. The SMILES string of the molecule is C#CCN(C)S(=O)(=O)c1cccc(C(F)(F)F)c1. The Balaban J connectivity index is 3.24. The highest BCUT2D eigenvalue weighted by Gasteiger charge is 2.32. The van der Waals surface area contributed by atoms with Gasteiger partial charge in [0, 0.05) is 7.05 Å². The third kappa shape index (κ3) is 3.03. The van der Waals surface area contributed by atoms with Crippen LogP contribution in [-0.2, 0) is 16.2 Å². The number of hydrogen-bond donors (Lipinski definition) is 0. The molecule has 0 amide bonds. The summed E-state index contributed by atoms with van der Waals surface area (Å²) in [7, 11) is -2.79. The van der Waals surface area contributed by atoms with Crippen molar-refractivity contribution in [2.45, 2.75) is 11.1 Å². The first-order valence-corrected chi connectivity index (χ1v) is 6.20. The molecular weight excluding hydrogens is 267 g/mol. The predicted molar refractivity (Wildman–Crippen MR) is 60.1 cm³/mol. The molecule has 0 bridgehead atoms. The molecule has 0 aliphatic carbocycles. The molecule has 0 saturated carbocycles. The fraction of sp³-hybridized carbons (Fsp3) is 0.273. The van der Waals surface area contributed by atoms with Crippen LogP contribution >= 0.6 is 0 Å². The van der Waals surface area contributed by atoms with Crippen LogP contribution in [0.2, 0.25) is 0 Å². The lowest BCUT2D eigenvalue weighted by atomic mass is 10.2. The van der Waals surface area contributed by atoms with E-state index in [1.807, 2.05) is 0 Å². The van der Waals surface area contributed by atoms with Crippen molar-refractivity contribution >= 4 is 10.0 Å². The lowest BCUT2D eigenvalue weighted by Gasteiger charge is -2.15. The molecule has 0 radical (unpaired) electrons. The highest BCUT2D eigenvalue weighted by Crippen LogP contribution is 2.30. The molecule has 0 aliphatic heterocycles. The summed E-state index contributed by atoms with van der Waals surface area (Å²) in [6.07, 6.45) is 0.380. The van der Waals surface area contributed by atoms with E-state index in [9.17, 15) is 21.6 Å².